The van der Waals surface area contributed by atoms with Crippen LogP contribution in [0.4, 0.5) is 0 Å². The summed E-state index contributed by atoms with van der Waals surface area (Å²) in [6.45, 7) is 1.80. The lowest BCUT2D eigenvalue weighted by atomic mass is 10.0. The van der Waals surface area contributed by atoms with Gasteiger partial charge in [-0.15, -0.1) is 0 Å². The van der Waals surface area contributed by atoms with Crippen molar-refractivity contribution in [3.05, 3.63) is 59.7 Å². The van der Waals surface area contributed by atoms with Crippen molar-refractivity contribution in [1.82, 2.24) is 15.3 Å². The van der Waals surface area contributed by atoms with E-state index >= 15 is 0 Å². The van der Waals surface area contributed by atoms with Crippen molar-refractivity contribution in [2.75, 3.05) is 0 Å². The van der Waals surface area contributed by atoms with Gasteiger partial charge < -0.3 is 10.4 Å². The molecule has 5 heteroatoms. The van der Waals surface area contributed by atoms with Gasteiger partial charge in [-0.05, 0) is 31.4 Å². The third-order valence-corrected chi connectivity index (χ3v) is 4.07. The molecule has 3 rings (SSSR count). The summed E-state index contributed by atoms with van der Waals surface area (Å²) in [5.74, 6) is 0.882. The molecule has 23 heavy (non-hydrogen) atoms. The largest absolute Gasteiger partial charge is 0.391 e. The molecule has 0 saturated heterocycles. The first-order valence-electron chi connectivity index (χ1n) is 7.99. The minimum absolute atomic E-state index is 0.270. The van der Waals surface area contributed by atoms with Gasteiger partial charge in [-0.2, -0.15) is 0 Å². The van der Waals surface area contributed by atoms with E-state index in [0.717, 1.165) is 24.2 Å². The maximum absolute atomic E-state index is 12.3. The van der Waals surface area contributed by atoms with Crippen molar-refractivity contribution in [2.24, 2.45) is 0 Å². The van der Waals surface area contributed by atoms with E-state index in [4.69, 9.17) is 0 Å². The number of nitrogens with one attached hydrogen (secondary N) is 1. The van der Waals surface area contributed by atoms with Gasteiger partial charge in [0.1, 0.15) is 11.5 Å². The van der Waals surface area contributed by atoms with Crippen LogP contribution in [0, 0.1) is 0 Å². The monoisotopic (exact) mass is 311 g/mol. The van der Waals surface area contributed by atoms with E-state index in [1.54, 1.807) is 19.2 Å². The summed E-state index contributed by atoms with van der Waals surface area (Å²) >= 11 is 0. The molecule has 1 heterocycles. The molecule has 2 N–H and O–H groups in total. The summed E-state index contributed by atoms with van der Waals surface area (Å²) in [4.78, 5) is 20.8. The fraction of sp³-hybridized carbons (Fsp3) is 0.389. The minimum atomic E-state index is -0.647. The van der Waals surface area contributed by atoms with E-state index in [-0.39, 0.29) is 11.9 Å². The molecule has 1 aromatic carbocycles. The average Bonchev–Trinajstić information content (AvgIpc) is 3.41. The first-order chi connectivity index (χ1) is 11.1. The maximum Gasteiger partial charge on any atom is 0.270 e. The minimum Gasteiger partial charge on any atom is -0.391 e. The van der Waals surface area contributed by atoms with Crippen molar-refractivity contribution in [3.8, 4) is 0 Å². The third kappa shape index (κ3) is 4.13. The quantitative estimate of drug-likeness (QED) is 0.856. The molecule has 5 nitrogen and oxygen atoms in total. The Hall–Kier alpha value is -2.27. The van der Waals surface area contributed by atoms with Crippen LogP contribution in [0.2, 0.25) is 0 Å². The van der Waals surface area contributed by atoms with Gasteiger partial charge in [0, 0.05) is 18.5 Å². The predicted octanol–water partition coefficient (Wildman–Crippen LogP) is 2.08. The van der Waals surface area contributed by atoms with Gasteiger partial charge in [-0.25, -0.2) is 9.97 Å². The molecule has 1 amide bonds. The van der Waals surface area contributed by atoms with E-state index in [9.17, 15) is 9.90 Å². The number of hydrogen-bond donors (Lipinski definition) is 2. The Labute approximate surface area is 135 Å². The second-order valence-corrected chi connectivity index (χ2v) is 6.09. The van der Waals surface area contributed by atoms with Gasteiger partial charge in [0.2, 0.25) is 0 Å². The smallest absolute Gasteiger partial charge is 0.270 e. The molecule has 0 aliphatic heterocycles. The van der Waals surface area contributed by atoms with Crippen LogP contribution >= 0.6 is 0 Å². The summed E-state index contributed by atoms with van der Waals surface area (Å²) in [5, 5.41) is 13.1. The lowest BCUT2D eigenvalue weighted by Crippen LogP contribution is -2.42. The van der Waals surface area contributed by atoms with Crippen LogP contribution in [0.15, 0.2) is 42.6 Å². The Bertz CT molecular complexity index is 671. The number of nitrogens with zero attached hydrogens (tertiary/aromatic N) is 2. The Morgan fingerprint density at radius 1 is 1.30 bits per heavy atom. The molecule has 1 aliphatic carbocycles. The Morgan fingerprint density at radius 3 is 2.74 bits per heavy atom. The molecule has 2 atom stereocenters. The molecule has 1 aromatic heterocycles. The van der Waals surface area contributed by atoms with Crippen LogP contribution in [0.1, 0.15) is 47.6 Å². The number of aromatic nitrogens is 2. The van der Waals surface area contributed by atoms with Gasteiger partial charge in [0.05, 0.1) is 12.1 Å². The highest BCUT2D eigenvalue weighted by Gasteiger charge is 2.27. The van der Waals surface area contributed by atoms with Gasteiger partial charge in [0.15, 0.2) is 0 Å². The molecule has 1 aliphatic rings. The average molecular weight is 311 g/mol. The first kappa shape index (κ1) is 15.6. The summed E-state index contributed by atoms with van der Waals surface area (Å²) in [6, 6.07) is 11.0. The van der Waals surface area contributed by atoms with Gasteiger partial charge in [-0.1, -0.05) is 30.3 Å². The lowest BCUT2D eigenvalue weighted by Gasteiger charge is -2.20. The highest BCUT2D eigenvalue weighted by molar-refractivity contribution is 5.92. The number of aliphatic hydroxyl groups is 1. The van der Waals surface area contributed by atoms with Crippen LogP contribution in [0.25, 0.3) is 0 Å². The maximum atomic E-state index is 12.3. The number of hydrogen-bond acceptors (Lipinski definition) is 4. The molecule has 2 unspecified atom stereocenters. The Morgan fingerprint density at radius 2 is 2.04 bits per heavy atom. The number of carbonyl (C=O) groups excluding carboxylic acids is 1. The zero-order valence-corrected chi connectivity index (χ0v) is 13.1. The van der Waals surface area contributed by atoms with Crippen molar-refractivity contribution >= 4 is 5.91 Å². The first-order valence-corrected chi connectivity index (χ1v) is 7.99. The molecule has 120 valence electrons. The second kappa shape index (κ2) is 6.87. The molecular formula is C18H21N3O2. The van der Waals surface area contributed by atoms with E-state index < -0.39 is 6.10 Å². The van der Waals surface area contributed by atoms with Crippen LogP contribution < -0.4 is 5.32 Å². The van der Waals surface area contributed by atoms with E-state index in [1.165, 1.54) is 0 Å². The molecule has 0 spiro atoms. The van der Waals surface area contributed by atoms with E-state index in [2.05, 4.69) is 15.3 Å². The zero-order valence-electron chi connectivity index (χ0n) is 13.1. The number of rotatable bonds is 6. The Balaban J connectivity index is 1.59. The summed E-state index contributed by atoms with van der Waals surface area (Å²) < 4.78 is 0. The highest BCUT2D eigenvalue weighted by Crippen LogP contribution is 2.37. The van der Waals surface area contributed by atoms with E-state index in [0.29, 0.717) is 18.0 Å². The molecule has 1 saturated carbocycles. The molecule has 0 radical (unpaired) electrons. The molecule has 0 bridgehead atoms. The van der Waals surface area contributed by atoms with Crippen LogP contribution in [0.3, 0.4) is 0 Å². The Kier molecular flexibility index (Phi) is 4.67. The lowest BCUT2D eigenvalue weighted by molar-refractivity contribution is 0.0846. The van der Waals surface area contributed by atoms with Crippen LogP contribution in [-0.4, -0.2) is 33.1 Å². The zero-order chi connectivity index (χ0) is 16.2. The van der Waals surface area contributed by atoms with Crippen LogP contribution in [0.5, 0.6) is 0 Å². The van der Waals surface area contributed by atoms with Gasteiger partial charge >= 0.3 is 0 Å². The SMILES string of the molecule is CC(NC(=O)c1ccnc(C2CC2)n1)C(O)Cc1ccccc1. The fourth-order valence-electron chi connectivity index (χ4n) is 2.45. The van der Waals surface area contributed by atoms with Gasteiger partial charge in [0.25, 0.3) is 5.91 Å². The summed E-state index contributed by atoms with van der Waals surface area (Å²) in [6.07, 6.45) is 3.67. The predicted molar refractivity (Wildman–Crippen MR) is 87.1 cm³/mol. The van der Waals surface area contributed by atoms with Crippen molar-refractivity contribution < 1.29 is 9.90 Å². The second-order valence-electron chi connectivity index (χ2n) is 6.09. The fourth-order valence-corrected chi connectivity index (χ4v) is 2.45. The standard InChI is InChI=1S/C18H21N3O2/c1-12(16(22)11-13-5-3-2-4-6-13)20-18(23)15-9-10-19-17(21-15)14-7-8-14/h2-6,9-10,12,14,16,22H,7-8,11H2,1H3,(H,20,23). The van der Waals surface area contributed by atoms with E-state index in [1.807, 2.05) is 30.3 Å². The topological polar surface area (TPSA) is 75.1 Å². The van der Waals surface area contributed by atoms with Crippen molar-refractivity contribution in [2.45, 2.75) is 44.2 Å². The molecule has 2 aromatic rings. The van der Waals surface area contributed by atoms with Crippen LogP contribution in [-0.2, 0) is 6.42 Å². The number of benzene rings is 1. The number of aliphatic hydroxyl groups excluding tert-OH is 1. The van der Waals surface area contributed by atoms with Gasteiger partial charge in [-0.3, -0.25) is 4.79 Å². The normalized spacial score (nSPS) is 16.6. The molecular weight excluding hydrogens is 290 g/mol. The summed E-state index contributed by atoms with van der Waals surface area (Å²) in [7, 11) is 0. The van der Waals surface area contributed by atoms with Crippen molar-refractivity contribution in [3.63, 3.8) is 0 Å². The highest BCUT2D eigenvalue weighted by atomic mass is 16.3. The number of carbonyl (C=O) groups is 1. The van der Waals surface area contributed by atoms with Crippen molar-refractivity contribution in [1.29, 1.82) is 0 Å². The molecule has 1 fully saturated rings. The third-order valence-electron chi connectivity index (χ3n) is 4.07. The summed E-state index contributed by atoms with van der Waals surface area (Å²) in [5.41, 5.74) is 1.40. The number of amides is 1.